The van der Waals surface area contributed by atoms with Gasteiger partial charge in [-0.2, -0.15) is 5.10 Å². The Morgan fingerprint density at radius 2 is 2.12 bits per heavy atom. The minimum absolute atomic E-state index is 0.392. The molecule has 1 fully saturated rings. The van der Waals surface area contributed by atoms with Crippen LogP contribution < -0.4 is 10.6 Å². The van der Waals surface area contributed by atoms with Crippen LogP contribution in [0.2, 0.25) is 0 Å². The molecule has 0 aliphatic carbocycles. The zero-order chi connectivity index (χ0) is 11.9. The van der Waals surface area contributed by atoms with Crippen LogP contribution in [0.15, 0.2) is 0 Å². The van der Waals surface area contributed by atoms with E-state index in [0.29, 0.717) is 5.41 Å². The van der Waals surface area contributed by atoms with Crippen molar-refractivity contribution in [3.05, 3.63) is 5.69 Å². The van der Waals surface area contributed by atoms with Crippen molar-refractivity contribution < 1.29 is 0 Å². The van der Waals surface area contributed by atoms with Crippen LogP contribution in [-0.2, 0) is 6.54 Å². The number of nitrogen functional groups attached to an aromatic ring is 1. The maximum Gasteiger partial charge on any atom is 0.150 e. The summed E-state index contributed by atoms with van der Waals surface area (Å²) in [6, 6.07) is 0. The summed E-state index contributed by atoms with van der Waals surface area (Å²) >= 11 is 0. The van der Waals surface area contributed by atoms with Crippen molar-refractivity contribution >= 4 is 11.5 Å². The second-order valence-electron chi connectivity index (χ2n) is 5.47. The predicted octanol–water partition coefficient (Wildman–Crippen LogP) is 2.03. The van der Waals surface area contributed by atoms with Crippen molar-refractivity contribution in [2.75, 3.05) is 23.7 Å². The van der Waals surface area contributed by atoms with E-state index >= 15 is 0 Å². The summed E-state index contributed by atoms with van der Waals surface area (Å²) in [6.07, 6.45) is 1.22. The molecule has 0 saturated carbocycles. The van der Waals surface area contributed by atoms with Crippen molar-refractivity contribution in [1.82, 2.24) is 9.78 Å². The molecule has 4 nitrogen and oxygen atoms in total. The fourth-order valence-electron chi connectivity index (χ4n) is 2.43. The van der Waals surface area contributed by atoms with Gasteiger partial charge in [0.25, 0.3) is 0 Å². The minimum atomic E-state index is 0.392. The topological polar surface area (TPSA) is 47.1 Å². The third-order valence-electron chi connectivity index (χ3n) is 3.42. The van der Waals surface area contributed by atoms with Gasteiger partial charge in [0, 0.05) is 19.6 Å². The van der Waals surface area contributed by atoms with Gasteiger partial charge in [-0.1, -0.05) is 13.8 Å². The monoisotopic (exact) mass is 222 g/mol. The Labute approximate surface area is 97.4 Å². The molecule has 0 radical (unpaired) electrons. The number of nitrogens with zero attached hydrogens (tertiary/aromatic N) is 3. The van der Waals surface area contributed by atoms with E-state index in [1.165, 1.54) is 6.42 Å². The van der Waals surface area contributed by atoms with Crippen molar-refractivity contribution in [3.63, 3.8) is 0 Å². The molecule has 1 aliphatic heterocycles. The van der Waals surface area contributed by atoms with Gasteiger partial charge in [-0.3, -0.25) is 0 Å². The lowest BCUT2D eigenvalue weighted by molar-refractivity contribution is 0.418. The van der Waals surface area contributed by atoms with E-state index in [1.54, 1.807) is 0 Å². The summed E-state index contributed by atoms with van der Waals surface area (Å²) in [7, 11) is 0. The van der Waals surface area contributed by atoms with Crippen LogP contribution in [0.5, 0.6) is 0 Å². The molecule has 1 aliphatic rings. The molecule has 0 unspecified atom stereocenters. The first-order valence-electron chi connectivity index (χ1n) is 6.02. The smallest absolute Gasteiger partial charge is 0.150 e. The highest BCUT2D eigenvalue weighted by atomic mass is 15.4. The van der Waals surface area contributed by atoms with E-state index in [-0.39, 0.29) is 0 Å². The van der Waals surface area contributed by atoms with Crippen LogP contribution in [0.3, 0.4) is 0 Å². The Hall–Kier alpha value is -1.19. The molecule has 0 bridgehead atoms. The van der Waals surface area contributed by atoms with Gasteiger partial charge in [-0.05, 0) is 25.7 Å². The molecule has 16 heavy (non-hydrogen) atoms. The lowest BCUT2D eigenvalue weighted by atomic mass is 9.93. The third kappa shape index (κ3) is 1.77. The van der Waals surface area contributed by atoms with Crippen LogP contribution in [0.4, 0.5) is 11.5 Å². The number of aromatic nitrogens is 2. The lowest BCUT2D eigenvalue weighted by Gasteiger charge is -2.22. The van der Waals surface area contributed by atoms with Crippen LogP contribution in [0, 0.1) is 12.3 Å². The highest BCUT2D eigenvalue weighted by molar-refractivity contribution is 5.66. The number of nitrogens with two attached hydrogens (primary N) is 1. The minimum Gasteiger partial charge on any atom is -0.394 e. The highest BCUT2D eigenvalue weighted by Crippen LogP contribution is 2.36. The van der Waals surface area contributed by atoms with Crippen molar-refractivity contribution in [1.29, 1.82) is 0 Å². The molecule has 2 heterocycles. The van der Waals surface area contributed by atoms with Gasteiger partial charge < -0.3 is 10.6 Å². The van der Waals surface area contributed by atoms with Crippen molar-refractivity contribution in [2.45, 2.75) is 40.7 Å². The Morgan fingerprint density at radius 3 is 2.62 bits per heavy atom. The Morgan fingerprint density at radius 1 is 1.44 bits per heavy atom. The summed E-state index contributed by atoms with van der Waals surface area (Å²) in [5.41, 5.74) is 8.31. The second-order valence-corrected chi connectivity index (χ2v) is 5.47. The molecule has 0 atom stereocenters. The Bertz CT molecular complexity index is 392. The number of anilines is 2. The third-order valence-corrected chi connectivity index (χ3v) is 3.42. The average Bonchev–Trinajstić information content (AvgIpc) is 2.69. The normalized spacial score (nSPS) is 19.4. The van der Waals surface area contributed by atoms with Crippen LogP contribution in [-0.4, -0.2) is 22.9 Å². The molecular weight excluding hydrogens is 200 g/mol. The molecule has 0 amide bonds. The first-order chi connectivity index (χ1) is 7.44. The molecule has 1 aromatic rings. The summed E-state index contributed by atoms with van der Waals surface area (Å²) in [5.74, 6) is 1.12. The molecule has 0 spiro atoms. The van der Waals surface area contributed by atoms with Gasteiger partial charge in [0.1, 0.15) is 0 Å². The summed E-state index contributed by atoms with van der Waals surface area (Å²) in [6.45, 7) is 11.7. The number of hydrogen-bond donors (Lipinski definition) is 1. The number of rotatable bonds is 2. The largest absolute Gasteiger partial charge is 0.394 e. The van der Waals surface area contributed by atoms with Gasteiger partial charge in [0.15, 0.2) is 5.82 Å². The highest BCUT2D eigenvalue weighted by Gasteiger charge is 2.32. The van der Waals surface area contributed by atoms with E-state index in [0.717, 1.165) is 36.8 Å². The molecule has 1 saturated heterocycles. The second kappa shape index (κ2) is 3.68. The fourth-order valence-corrected chi connectivity index (χ4v) is 2.43. The first kappa shape index (κ1) is 11.3. The van der Waals surface area contributed by atoms with Crippen molar-refractivity contribution in [3.8, 4) is 0 Å². The van der Waals surface area contributed by atoms with Gasteiger partial charge in [-0.15, -0.1) is 0 Å². The van der Waals surface area contributed by atoms with Gasteiger partial charge in [0.05, 0.1) is 11.4 Å². The molecule has 2 rings (SSSR count). The van der Waals surface area contributed by atoms with Crippen LogP contribution >= 0.6 is 0 Å². The fraction of sp³-hybridized carbons (Fsp3) is 0.750. The standard InChI is InChI=1S/C12H22N4/c1-5-16-11(10(13)9(2)14-16)15-7-6-12(3,4)8-15/h5-8,13H2,1-4H3. The Kier molecular flexibility index (Phi) is 2.60. The predicted molar refractivity (Wildman–Crippen MR) is 67.7 cm³/mol. The lowest BCUT2D eigenvalue weighted by Crippen LogP contribution is -2.26. The van der Waals surface area contributed by atoms with Gasteiger partial charge >= 0.3 is 0 Å². The summed E-state index contributed by atoms with van der Waals surface area (Å²) in [4.78, 5) is 2.37. The van der Waals surface area contributed by atoms with Crippen LogP contribution in [0.1, 0.15) is 32.9 Å². The number of hydrogen-bond acceptors (Lipinski definition) is 3. The molecule has 90 valence electrons. The SMILES string of the molecule is CCn1nc(C)c(N)c1N1CCC(C)(C)C1. The first-order valence-corrected chi connectivity index (χ1v) is 6.02. The summed E-state index contributed by atoms with van der Waals surface area (Å²) in [5, 5.41) is 4.47. The summed E-state index contributed by atoms with van der Waals surface area (Å²) < 4.78 is 2.02. The molecule has 2 N–H and O–H groups in total. The number of aryl methyl sites for hydroxylation is 2. The van der Waals surface area contributed by atoms with Crippen molar-refractivity contribution in [2.24, 2.45) is 5.41 Å². The molecular formula is C12H22N4. The van der Waals surface area contributed by atoms with E-state index in [9.17, 15) is 0 Å². The average molecular weight is 222 g/mol. The van der Waals surface area contributed by atoms with E-state index in [2.05, 4.69) is 30.8 Å². The Balaban J connectivity index is 2.34. The quantitative estimate of drug-likeness (QED) is 0.833. The molecule has 0 aromatic carbocycles. The van der Waals surface area contributed by atoms with Gasteiger partial charge in [-0.25, -0.2) is 4.68 Å². The zero-order valence-electron chi connectivity index (χ0n) is 10.7. The van der Waals surface area contributed by atoms with E-state index in [1.807, 2.05) is 11.6 Å². The van der Waals surface area contributed by atoms with Gasteiger partial charge in [0.2, 0.25) is 0 Å². The van der Waals surface area contributed by atoms with E-state index < -0.39 is 0 Å². The van der Waals surface area contributed by atoms with E-state index in [4.69, 9.17) is 5.73 Å². The maximum atomic E-state index is 6.12. The maximum absolute atomic E-state index is 6.12. The zero-order valence-corrected chi connectivity index (χ0v) is 10.7. The van der Waals surface area contributed by atoms with Crippen LogP contribution in [0.25, 0.3) is 0 Å². The molecule has 1 aromatic heterocycles. The molecule has 4 heteroatoms.